The number of aliphatic carboxylic acids is 1. The van der Waals surface area contributed by atoms with Crippen LogP contribution in [0.3, 0.4) is 0 Å². The average molecular weight is 242 g/mol. The van der Waals surface area contributed by atoms with Crippen molar-refractivity contribution < 1.29 is 19.4 Å². The van der Waals surface area contributed by atoms with E-state index in [0.717, 1.165) is 0 Å². The van der Waals surface area contributed by atoms with Crippen molar-refractivity contribution in [1.29, 1.82) is 0 Å². The fourth-order valence-electron chi connectivity index (χ4n) is 1.90. The zero-order chi connectivity index (χ0) is 12.3. The third-order valence-electron chi connectivity index (χ3n) is 3.11. The fourth-order valence-corrected chi connectivity index (χ4v) is 1.90. The van der Waals surface area contributed by atoms with E-state index in [2.05, 4.69) is 10.6 Å². The molecule has 6 nitrogen and oxygen atoms in total. The van der Waals surface area contributed by atoms with Gasteiger partial charge in [-0.05, 0) is 12.8 Å². The largest absolute Gasteiger partial charge is 0.481 e. The number of ether oxygens (including phenoxy) is 1. The number of rotatable bonds is 6. The lowest BCUT2D eigenvalue weighted by atomic mass is 10.0. The molecule has 2 aliphatic rings. The van der Waals surface area contributed by atoms with Crippen molar-refractivity contribution in [1.82, 2.24) is 10.6 Å². The molecule has 1 saturated carbocycles. The van der Waals surface area contributed by atoms with Crippen LogP contribution < -0.4 is 10.6 Å². The molecule has 0 bridgehead atoms. The molecule has 0 aromatic carbocycles. The summed E-state index contributed by atoms with van der Waals surface area (Å²) in [6.45, 7) is 1.13. The predicted octanol–water partition coefficient (Wildman–Crippen LogP) is -0.656. The summed E-state index contributed by atoms with van der Waals surface area (Å²) in [6, 6.07) is 0.199. The van der Waals surface area contributed by atoms with Gasteiger partial charge in [0.05, 0.1) is 19.3 Å². The van der Waals surface area contributed by atoms with Gasteiger partial charge in [0.1, 0.15) is 5.92 Å². The van der Waals surface area contributed by atoms with Crippen LogP contribution in [-0.2, 0) is 14.3 Å². The Morgan fingerprint density at radius 2 is 2.06 bits per heavy atom. The number of hydrogen-bond donors (Lipinski definition) is 3. The topological polar surface area (TPSA) is 87.7 Å². The van der Waals surface area contributed by atoms with Gasteiger partial charge in [0.15, 0.2) is 0 Å². The molecular weight excluding hydrogens is 224 g/mol. The molecule has 0 spiro atoms. The van der Waals surface area contributed by atoms with Crippen molar-refractivity contribution in [3.63, 3.8) is 0 Å². The lowest BCUT2D eigenvalue weighted by Crippen LogP contribution is -2.43. The Morgan fingerprint density at radius 1 is 1.29 bits per heavy atom. The predicted molar refractivity (Wildman–Crippen MR) is 59.5 cm³/mol. The van der Waals surface area contributed by atoms with Gasteiger partial charge in [-0.25, -0.2) is 0 Å². The van der Waals surface area contributed by atoms with Crippen LogP contribution in [-0.4, -0.2) is 48.8 Å². The molecule has 2 fully saturated rings. The molecule has 1 amide bonds. The van der Waals surface area contributed by atoms with Gasteiger partial charge in [0.25, 0.3) is 0 Å². The number of amides is 1. The molecule has 2 rings (SSSR count). The van der Waals surface area contributed by atoms with Gasteiger partial charge in [-0.2, -0.15) is 0 Å². The molecule has 1 aliphatic heterocycles. The third kappa shape index (κ3) is 3.67. The summed E-state index contributed by atoms with van der Waals surface area (Å²) in [6.07, 6.45) is 2.78. The van der Waals surface area contributed by atoms with Crippen molar-refractivity contribution in [2.45, 2.75) is 31.3 Å². The summed E-state index contributed by atoms with van der Waals surface area (Å²) in [5.74, 6) is -1.64. The highest BCUT2D eigenvalue weighted by Gasteiger charge is 2.34. The van der Waals surface area contributed by atoms with Crippen molar-refractivity contribution in [3.8, 4) is 0 Å². The van der Waals surface area contributed by atoms with E-state index in [1.54, 1.807) is 0 Å². The molecule has 0 aromatic rings. The van der Waals surface area contributed by atoms with Gasteiger partial charge in [0, 0.05) is 19.0 Å². The third-order valence-corrected chi connectivity index (χ3v) is 3.11. The molecule has 1 aliphatic carbocycles. The van der Waals surface area contributed by atoms with Gasteiger partial charge >= 0.3 is 5.97 Å². The molecular formula is C11H18N2O4. The van der Waals surface area contributed by atoms with Crippen molar-refractivity contribution >= 4 is 11.9 Å². The zero-order valence-electron chi connectivity index (χ0n) is 9.65. The lowest BCUT2D eigenvalue weighted by Gasteiger charge is -2.15. The van der Waals surface area contributed by atoms with E-state index in [1.165, 1.54) is 12.8 Å². The number of hydrogen-bond acceptors (Lipinski definition) is 4. The van der Waals surface area contributed by atoms with Gasteiger partial charge in [-0.15, -0.1) is 0 Å². The second-order valence-corrected chi connectivity index (χ2v) is 4.63. The van der Waals surface area contributed by atoms with E-state index in [9.17, 15) is 9.59 Å². The number of carbonyl (C=O) groups excluding carboxylic acids is 1. The Kier molecular flexibility index (Phi) is 3.96. The lowest BCUT2D eigenvalue weighted by molar-refractivity contribution is -0.142. The summed E-state index contributed by atoms with van der Waals surface area (Å²) < 4.78 is 5.07. The van der Waals surface area contributed by atoms with Crippen LogP contribution in [0.1, 0.15) is 19.3 Å². The first-order valence-electron chi connectivity index (χ1n) is 6.00. The minimum atomic E-state index is -0.913. The Hall–Kier alpha value is -1.14. The van der Waals surface area contributed by atoms with Crippen LogP contribution >= 0.6 is 0 Å². The number of carboxylic acids is 1. The number of nitrogens with one attached hydrogen (secondary N) is 2. The quantitative estimate of drug-likeness (QED) is 0.576. The van der Waals surface area contributed by atoms with Crippen LogP contribution in [0.15, 0.2) is 0 Å². The summed E-state index contributed by atoms with van der Waals surface area (Å²) in [5, 5.41) is 14.9. The van der Waals surface area contributed by atoms with E-state index < -0.39 is 11.9 Å². The molecule has 2 atom stereocenters. The maximum Gasteiger partial charge on any atom is 0.311 e. The molecule has 0 radical (unpaired) electrons. The first kappa shape index (κ1) is 12.3. The van der Waals surface area contributed by atoms with Gasteiger partial charge < -0.3 is 20.5 Å². The van der Waals surface area contributed by atoms with E-state index in [4.69, 9.17) is 9.84 Å². The Morgan fingerprint density at radius 3 is 2.71 bits per heavy atom. The second kappa shape index (κ2) is 5.46. The second-order valence-electron chi connectivity index (χ2n) is 4.63. The molecule has 1 heterocycles. The van der Waals surface area contributed by atoms with Gasteiger partial charge in [-0.3, -0.25) is 9.59 Å². The van der Waals surface area contributed by atoms with Crippen molar-refractivity contribution in [2.75, 3.05) is 19.8 Å². The number of carboxylic acid groups (broad SMARTS) is 1. The van der Waals surface area contributed by atoms with Crippen LogP contribution in [0.2, 0.25) is 0 Å². The van der Waals surface area contributed by atoms with Crippen molar-refractivity contribution in [2.24, 2.45) is 5.92 Å². The normalized spacial score (nSPS) is 28.0. The molecule has 17 heavy (non-hydrogen) atoms. The van der Waals surface area contributed by atoms with Crippen molar-refractivity contribution in [3.05, 3.63) is 0 Å². The highest BCUT2D eigenvalue weighted by molar-refractivity contribution is 5.78. The Labute approximate surface area is 99.7 Å². The maximum absolute atomic E-state index is 11.6. The Bertz CT molecular complexity index is 304. The van der Waals surface area contributed by atoms with E-state index in [0.29, 0.717) is 25.6 Å². The molecule has 3 N–H and O–H groups in total. The van der Waals surface area contributed by atoms with E-state index in [1.807, 2.05) is 0 Å². The standard InChI is InChI=1S/C11H18N2O4/c14-10(3-4-12-7-1-2-7)13-9-6-17-5-8(9)11(15)16/h7-9,12H,1-6H2,(H,13,14)(H,15,16). The molecule has 2 unspecified atom stereocenters. The zero-order valence-corrected chi connectivity index (χ0v) is 9.65. The summed E-state index contributed by atoms with van der Waals surface area (Å²) in [4.78, 5) is 22.4. The summed E-state index contributed by atoms with van der Waals surface area (Å²) in [5.41, 5.74) is 0. The monoisotopic (exact) mass is 242 g/mol. The fraction of sp³-hybridized carbons (Fsp3) is 0.818. The van der Waals surface area contributed by atoms with Crippen LogP contribution in [0.4, 0.5) is 0 Å². The van der Waals surface area contributed by atoms with Crippen LogP contribution in [0, 0.1) is 5.92 Å². The average Bonchev–Trinajstić information content (AvgIpc) is 2.96. The van der Waals surface area contributed by atoms with Gasteiger partial charge in [-0.1, -0.05) is 0 Å². The van der Waals surface area contributed by atoms with Gasteiger partial charge in [0.2, 0.25) is 5.91 Å². The Balaban J connectivity index is 1.67. The summed E-state index contributed by atoms with van der Waals surface area (Å²) >= 11 is 0. The molecule has 96 valence electrons. The minimum Gasteiger partial charge on any atom is -0.481 e. The highest BCUT2D eigenvalue weighted by atomic mass is 16.5. The SMILES string of the molecule is O=C(CCNC1CC1)NC1COCC1C(=O)O. The van der Waals surface area contributed by atoms with Crippen LogP contribution in [0.25, 0.3) is 0 Å². The number of carbonyl (C=O) groups is 2. The first-order chi connectivity index (χ1) is 8.16. The first-order valence-corrected chi connectivity index (χ1v) is 6.00. The molecule has 6 heteroatoms. The highest BCUT2D eigenvalue weighted by Crippen LogP contribution is 2.18. The van der Waals surface area contributed by atoms with E-state index >= 15 is 0 Å². The van der Waals surface area contributed by atoms with E-state index in [-0.39, 0.29) is 18.6 Å². The molecule has 1 saturated heterocycles. The minimum absolute atomic E-state index is 0.111. The van der Waals surface area contributed by atoms with Crippen LogP contribution in [0.5, 0.6) is 0 Å². The maximum atomic E-state index is 11.6. The smallest absolute Gasteiger partial charge is 0.311 e. The molecule has 0 aromatic heterocycles. The summed E-state index contributed by atoms with van der Waals surface area (Å²) in [7, 11) is 0.